The zero-order valence-corrected chi connectivity index (χ0v) is 22.8. The van der Waals surface area contributed by atoms with Crippen LogP contribution in [0, 0.1) is 35.5 Å². The smallest absolute Gasteiger partial charge is 0.340 e. The Labute approximate surface area is 220 Å². The van der Waals surface area contributed by atoms with Crippen molar-refractivity contribution in [2.24, 2.45) is 17.3 Å². The summed E-state index contributed by atoms with van der Waals surface area (Å²) < 4.78 is 37.4. The summed E-state index contributed by atoms with van der Waals surface area (Å²) >= 11 is 0. The van der Waals surface area contributed by atoms with Crippen molar-refractivity contribution in [2.45, 2.75) is 60.7 Å². The summed E-state index contributed by atoms with van der Waals surface area (Å²) in [6, 6.07) is 1.30. The van der Waals surface area contributed by atoms with Crippen LogP contribution in [0.25, 0.3) is 5.52 Å². The summed E-state index contributed by atoms with van der Waals surface area (Å²) in [5.74, 6) is -1.45. The van der Waals surface area contributed by atoms with E-state index in [9.17, 15) is 27.6 Å². The molecule has 3 rings (SSSR count). The van der Waals surface area contributed by atoms with Gasteiger partial charge in [-0.1, -0.05) is 41.5 Å². The Morgan fingerprint density at radius 3 is 2.39 bits per heavy atom. The van der Waals surface area contributed by atoms with Gasteiger partial charge in [-0.2, -0.15) is 23.5 Å². The van der Waals surface area contributed by atoms with E-state index < -0.39 is 30.6 Å². The van der Waals surface area contributed by atoms with Gasteiger partial charge in [0.15, 0.2) is 0 Å². The van der Waals surface area contributed by atoms with Gasteiger partial charge >= 0.3 is 12.1 Å². The summed E-state index contributed by atoms with van der Waals surface area (Å²) in [7, 11) is 0. The van der Waals surface area contributed by atoms with Gasteiger partial charge in [-0.3, -0.25) is 19.4 Å². The van der Waals surface area contributed by atoms with Gasteiger partial charge in [-0.25, -0.2) is 4.52 Å². The highest BCUT2D eigenvalue weighted by molar-refractivity contribution is 5.87. The van der Waals surface area contributed by atoms with Crippen LogP contribution in [0.15, 0.2) is 18.6 Å². The van der Waals surface area contributed by atoms with Crippen molar-refractivity contribution in [3.63, 3.8) is 0 Å². The fraction of sp³-hybridized carbons (Fsp3) is 0.600. The van der Waals surface area contributed by atoms with Crippen molar-refractivity contribution in [3.05, 3.63) is 29.8 Å². The third kappa shape index (κ3) is 9.32. The zero-order chi connectivity index (χ0) is 29.3. The van der Waals surface area contributed by atoms with Crippen molar-refractivity contribution < 1.29 is 27.6 Å². The Kier molecular flexibility index (Phi) is 11.7. The molecule has 210 valence electrons. The highest BCUT2D eigenvalue weighted by Crippen LogP contribution is 2.34. The van der Waals surface area contributed by atoms with Crippen LogP contribution in [0.5, 0.6) is 0 Å². The van der Waals surface area contributed by atoms with Gasteiger partial charge in [0.1, 0.15) is 6.04 Å². The largest absolute Gasteiger partial charge is 0.471 e. The molecule has 1 aliphatic heterocycles. The molecule has 13 heteroatoms. The van der Waals surface area contributed by atoms with E-state index >= 15 is 0 Å². The van der Waals surface area contributed by atoms with Crippen LogP contribution >= 0.6 is 0 Å². The van der Waals surface area contributed by atoms with Gasteiger partial charge in [-0.15, -0.1) is 0 Å². The predicted molar refractivity (Wildman–Crippen MR) is 134 cm³/mol. The molecule has 0 aromatic carbocycles. The van der Waals surface area contributed by atoms with E-state index in [1.165, 1.54) is 4.90 Å². The molecule has 1 saturated heterocycles. The number of fused-ring (bicyclic) bond motifs is 1. The number of nitrogens with zero attached hydrogens (tertiary/aromatic N) is 5. The van der Waals surface area contributed by atoms with Gasteiger partial charge in [0.25, 0.3) is 0 Å². The first-order valence-electron chi connectivity index (χ1n) is 12.1. The van der Waals surface area contributed by atoms with Crippen LogP contribution in [0.3, 0.4) is 0 Å². The Morgan fingerprint density at radius 1 is 1.32 bits per heavy atom. The lowest BCUT2D eigenvalue weighted by molar-refractivity contribution is -0.174. The fourth-order valence-corrected chi connectivity index (χ4v) is 3.46. The molecule has 2 aromatic rings. The van der Waals surface area contributed by atoms with Crippen LogP contribution in [-0.2, 0) is 14.4 Å². The molecule has 38 heavy (non-hydrogen) atoms. The lowest BCUT2D eigenvalue weighted by Crippen LogP contribution is -2.44. The summed E-state index contributed by atoms with van der Waals surface area (Å²) in [5.41, 5.74) is 2.12. The number of aryl methyl sites for hydroxylation is 1. The minimum atomic E-state index is -4.95. The van der Waals surface area contributed by atoms with Crippen molar-refractivity contribution in [3.8, 4) is 6.07 Å². The van der Waals surface area contributed by atoms with E-state index in [1.807, 2.05) is 33.8 Å². The normalized spacial score (nSPS) is 16.9. The van der Waals surface area contributed by atoms with Crippen molar-refractivity contribution in [1.29, 1.82) is 5.26 Å². The molecule has 1 fully saturated rings. The number of carbonyl (C=O) groups is 3. The third-order valence-corrected chi connectivity index (χ3v) is 5.75. The first-order valence-corrected chi connectivity index (χ1v) is 12.1. The average molecular weight is 540 g/mol. The molecule has 1 aliphatic rings. The molecule has 0 aliphatic carbocycles. The molecule has 0 radical (unpaired) electrons. The summed E-state index contributed by atoms with van der Waals surface area (Å²) in [4.78, 5) is 38.2. The monoisotopic (exact) mass is 539 g/mol. The molecule has 2 N–H and O–H groups in total. The maximum absolute atomic E-state index is 11.9. The maximum Gasteiger partial charge on any atom is 0.471 e. The zero-order valence-electron chi connectivity index (χ0n) is 22.8. The van der Waals surface area contributed by atoms with Gasteiger partial charge in [0, 0.05) is 31.0 Å². The second-order valence-corrected chi connectivity index (χ2v) is 10.3. The molecule has 1 unspecified atom stereocenters. The SMILES string of the molecule is CC(C)C.C[C@H]1CN(C(=O)CNC(=O)C(F)(F)F)CC1(C)C.Cc1nccn2ncc(C(C#N)NC=O)c12. The standard InChI is InChI=1S/C11H17F3N2O2.C10H9N5O.C4H10/c1-7-5-16(6-10(7,2)3)8(17)4-15-9(18)11(12,13)14;1-7-10-8(9(4-11)13-6-16)5-14-15(10)3-2-12-7;1-4(2)3/h7H,4-6H2,1-3H3,(H,15,18);2-3,5-6,9H,1H3,(H,13,16);4H,1-3H3/t7-;;/m0../s1. The molecule has 0 spiro atoms. The summed E-state index contributed by atoms with van der Waals surface area (Å²) in [5, 5.41) is 17.1. The summed E-state index contributed by atoms with van der Waals surface area (Å²) in [6.45, 7) is 14.7. The molecule has 3 amide bonds. The van der Waals surface area contributed by atoms with E-state index in [2.05, 4.69) is 36.2 Å². The van der Waals surface area contributed by atoms with Crippen LogP contribution in [0.1, 0.15) is 58.8 Å². The number of aromatic nitrogens is 3. The van der Waals surface area contributed by atoms with Crippen LogP contribution in [-0.4, -0.2) is 63.5 Å². The molecule has 2 aromatic heterocycles. The molecule has 2 atom stereocenters. The van der Waals surface area contributed by atoms with Crippen LogP contribution in [0.2, 0.25) is 0 Å². The lowest BCUT2D eigenvalue weighted by atomic mass is 9.84. The number of amides is 3. The number of alkyl halides is 3. The quantitative estimate of drug-likeness (QED) is 0.561. The summed E-state index contributed by atoms with van der Waals surface area (Å²) in [6.07, 6.45) is 0.449. The second-order valence-electron chi connectivity index (χ2n) is 10.3. The molecular weight excluding hydrogens is 503 g/mol. The van der Waals surface area contributed by atoms with E-state index in [4.69, 9.17) is 5.26 Å². The Balaban J connectivity index is 0.000000335. The van der Waals surface area contributed by atoms with Gasteiger partial charge < -0.3 is 15.5 Å². The molecule has 10 nitrogen and oxygen atoms in total. The first kappa shape index (κ1) is 32.3. The van der Waals surface area contributed by atoms with Crippen molar-refractivity contribution in [1.82, 2.24) is 30.1 Å². The average Bonchev–Trinajstić information content (AvgIpc) is 3.36. The fourth-order valence-electron chi connectivity index (χ4n) is 3.46. The van der Waals surface area contributed by atoms with Crippen LogP contribution in [0.4, 0.5) is 13.2 Å². The Hall–Kier alpha value is -3.69. The predicted octanol–water partition coefficient (Wildman–Crippen LogP) is 3.18. The van der Waals surface area contributed by atoms with Gasteiger partial charge in [-0.05, 0) is 24.2 Å². The Bertz CT molecular complexity index is 1140. The topological polar surface area (TPSA) is 132 Å². The van der Waals surface area contributed by atoms with E-state index in [0.29, 0.717) is 25.1 Å². The molecule has 0 saturated carbocycles. The number of hydrogen-bond donors (Lipinski definition) is 2. The second kappa shape index (κ2) is 13.7. The number of rotatable bonds is 5. The minimum absolute atomic E-state index is 0.0519. The van der Waals surface area contributed by atoms with Gasteiger partial charge in [0.05, 0.1) is 30.0 Å². The minimum Gasteiger partial charge on any atom is -0.340 e. The first-order chi connectivity index (χ1) is 17.5. The van der Waals surface area contributed by atoms with Crippen LogP contribution < -0.4 is 10.6 Å². The number of likely N-dealkylation sites (tertiary alicyclic amines) is 1. The van der Waals surface area contributed by atoms with E-state index in [1.54, 1.807) is 28.4 Å². The van der Waals surface area contributed by atoms with Crippen molar-refractivity contribution in [2.75, 3.05) is 19.6 Å². The number of halogens is 3. The number of nitrogens with one attached hydrogen (secondary N) is 2. The number of hydrogen-bond acceptors (Lipinski definition) is 6. The molecular formula is C25H36F3N7O3. The lowest BCUT2D eigenvalue weighted by Gasteiger charge is -2.22. The Morgan fingerprint density at radius 2 is 1.92 bits per heavy atom. The highest BCUT2D eigenvalue weighted by atomic mass is 19.4. The van der Waals surface area contributed by atoms with Gasteiger partial charge in [0.2, 0.25) is 12.3 Å². The van der Waals surface area contributed by atoms with E-state index in [0.717, 1.165) is 17.1 Å². The molecule has 0 bridgehead atoms. The maximum atomic E-state index is 11.9. The molecule has 3 heterocycles. The third-order valence-electron chi connectivity index (χ3n) is 5.75. The number of carbonyl (C=O) groups excluding carboxylic acids is 3. The number of nitriles is 1. The van der Waals surface area contributed by atoms with E-state index in [-0.39, 0.29) is 11.3 Å². The highest BCUT2D eigenvalue weighted by Gasteiger charge is 2.41. The van der Waals surface area contributed by atoms with Crippen molar-refractivity contribution >= 4 is 23.7 Å².